The van der Waals surface area contributed by atoms with Crippen LogP contribution in [-0.2, 0) is 9.53 Å². The van der Waals surface area contributed by atoms with Crippen LogP contribution in [0.3, 0.4) is 0 Å². The quantitative estimate of drug-likeness (QED) is 0.759. The van der Waals surface area contributed by atoms with E-state index in [1.807, 2.05) is 0 Å². The van der Waals surface area contributed by atoms with E-state index in [2.05, 4.69) is 5.32 Å². The van der Waals surface area contributed by atoms with Crippen LogP contribution >= 0.6 is 0 Å². The van der Waals surface area contributed by atoms with E-state index in [-0.39, 0.29) is 12.6 Å². The molecule has 0 radical (unpaired) electrons. The van der Waals surface area contributed by atoms with Crippen molar-refractivity contribution in [3.05, 3.63) is 0 Å². The normalized spacial score (nSPS) is 17.4. The summed E-state index contributed by atoms with van der Waals surface area (Å²) in [5.41, 5.74) is -0.946. The molecule has 0 atom stereocenters. The summed E-state index contributed by atoms with van der Waals surface area (Å²) in [6.07, 6.45) is 0.815. The maximum atomic E-state index is 11.8. The van der Waals surface area contributed by atoms with Crippen molar-refractivity contribution in [2.75, 3.05) is 32.8 Å². The fourth-order valence-electron chi connectivity index (χ4n) is 1.43. The zero-order valence-corrected chi connectivity index (χ0v) is 10.4. The first kappa shape index (κ1) is 13.8. The van der Waals surface area contributed by atoms with Crippen molar-refractivity contribution >= 4 is 12.0 Å². The fourth-order valence-corrected chi connectivity index (χ4v) is 1.43. The number of carboxylic acid groups (broad SMARTS) is 1. The van der Waals surface area contributed by atoms with Crippen LogP contribution in [0.1, 0.15) is 20.3 Å². The number of amides is 2. The monoisotopic (exact) mass is 244 g/mol. The van der Waals surface area contributed by atoms with Crippen LogP contribution in [-0.4, -0.2) is 54.9 Å². The summed E-state index contributed by atoms with van der Waals surface area (Å²) >= 11 is 0. The number of aliphatic carboxylic acids is 1. The van der Waals surface area contributed by atoms with Gasteiger partial charge in [-0.25, -0.2) is 4.79 Å². The van der Waals surface area contributed by atoms with E-state index in [9.17, 15) is 9.59 Å². The van der Waals surface area contributed by atoms with Crippen molar-refractivity contribution in [1.29, 1.82) is 0 Å². The van der Waals surface area contributed by atoms with Gasteiger partial charge in [0.25, 0.3) is 0 Å². The molecule has 2 N–H and O–H groups in total. The average Bonchev–Trinajstić information content (AvgIpc) is 2.54. The van der Waals surface area contributed by atoms with Gasteiger partial charge in [0.15, 0.2) is 0 Å². The summed E-state index contributed by atoms with van der Waals surface area (Å²) in [5, 5.41) is 11.6. The number of nitrogens with zero attached hydrogens (tertiary/aromatic N) is 1. The van der Waals surface area contributed by atoms with Gasteiger partial charge < -0.3 is 20.1 Å². The Morgan fingerprint density at radius 1 is 1.35 bits per heavy atom. The molecule has 0 aromatic heterocycles. The van der Waals surface area contributed by atoms with Gasteiger partial charge in [-0.15, -0.1) is 0 Å². The second-order valence-corrected chi connectivity index (χ2v) is 4.80. The zero-order valence-electron chi connectivity index (χ0n) is 10.4. The largest absolute Gasteiger partial charge is 0.481 e. The molecule has 2 amide bonds. The summed E-state index contributed by atoms with van der Waals surface area (Å²) in [7, 11) is 0. The van der Waals surface area contributed by atoms with Gasteiger partial charge in [-0.3, -0.25) is 4.79 Å². The van der Waals surface area contributed by atoms with E-state index in [0.717, 1.165) is 6.42 Å². The number of hydrogen-bond acceptors (Lipinski definition) is 3. The standard InChI is InChI=1S/C11H20N2O4/c1-11(2,9(14)15)8-12-10(16)13-4-3-6-17-7-5-13/h3-8H2,1-2H3,(H,12,16)(H,14,15). The van der Waals surface area contributed by atoms with Crippen molar-refractivity contribution in [2.24, 2.45) is 5.41 Å². The van der Waals surface area contributed by atoms with Gasteiger partial charge in [0.1, 0.15) is 0 Å². The number of carbonyl (C=O) groups is 2. The third-order valence-corrected chi connectivity index (χ3v) is 2.77. The Morgan fingerprint density at radius 2 is 2.06 bits per heavy atom. The van der Waals surface area contributed by atoms with Crippen LogP contribution in [0, 0.1) is 5.41 Å². The molecule has 0 aromatic rings. The molecule has 1 aliphatic rings. The van der Waals surface area contributed by atoms with Gasteiger partial charge >= 0.3 is 12.0 Å². The van der Waals surface area contributed by atoms with E-state index in [1.165, 1.54) is 0 Å². The molecule has 1 aliphatic heterocycles. The van der Waals surface area contributed by atoms with Gasteiger partial charge in [0.2, 0.25) is 0 Å². The number of nitrogens with one attached hydrogen (secondary N) is 1. The van der Waals surface area contributed by atoms with Crippen LogP contribution in [0.4, 0.5) is 4.79 Å². The first-order chi connectivity index (χ1) is 7.93. The average molecular weight is 244 g/mol. The summed E-state index contributed by atoms with van der Waals surface area (Å²) in [4.78, 5) is 24.3. The van der Waals surface area contributed by atoms with Gasteiger partial charge in [0, 0.05) is 26.2 Å². The first-order valence-corrected chi connectivity index (χ1v) is 5.77. The molecule has 1 fully saturated rings. The fraction of sp³-hybridized carbons (Fsp3) is 0.818. The van der Waals surface area contributed by atoms with Crippen LogP contribution in [0.2, 0.25) is 0 Å². The molecule has 6 heteroatoms. The third-order valence-electron chi connectivity index (χ3n) is 2.77. The summed E-state index contributed by atoms with van der Waals surface area (Å²) in [6, 6.07) is -0.218. The lowest BCUT2D eigenvalue weighted by molar-refractivity contribution is -0.146. The van der Waals surface area contributed by atoms with E-state index in [4.69, 9.17) is 9.84 Å². The lowest BCUT2D eigenvalue weighted by Crippen LogP contribution is -2.46. The molecule has 1 heterocycles. The molecule has 0 aliphatic carbocycles. The summed E-state index contributed by atoms with van der Waals surface area (Å²) in [6.45, 7) is 5.71. The highest BCUT2D eigenvalue weighted by molar-refractivity contribution is 5.77. The molecular formula is C11H20N2O4. The Morgan fingerprint density at radius 3 is 2.71 bits per heavy atom. The van der Waals surface area contributed by atoms with Gasteiger partial charge in [-0.05, 0) is 20.3 Å². The molecule has 1 rings (SSSR count). The van der Waals surface area contributed by atoms with Crippen LogP contribution in [0.25, 0.3) is 0 Å². The molecule has 98 valence electrons. The molecule has 6 nitrogen and oxygen atoms in total. The number of urea groups is 1. The molecule has 0 saturated carbocycles. The predicted octanol–water partition coefficient (Wildman–Crippen LogP) is 0.529. The third kappa shape index (κ3) is 4.22. The highest BCUT2D eigenvalue weighted by atomic mass is 16.5. The minimum absolute atomic E-state index is 0.124. The van der Waals surface area contributed by atoms with Crippen molar-refractivity contribution < 1.29 is 19.4 Å². The van der Waals surface area contributed by atoms with Crippen molar-refractivity contribution in [3.8, 4) is 0 Å². The Balaban J connectivity index is 2.40. The molecular weight excluding hydrogens is 224 g/mol. The van der Waals surface area contributed by atoms with E-state index < -0.39 is 11.4 Å². The van der Waals surface area contributed by atoms with E-state index in [0.29, 0.717) is 26.3 Å². The van der Waals surface area contributed by atoms with Crippen molar-refractivity contribution in [3.63, 3.8) is 0 Å². The Hall–Kier alpha value is -1.30. The number of carbonyl (C=O) groups excluding carboxylic acids is 1. The van der Waals surface area contributed by atoms with Gasteiger partial charge in [-0.2, -0.15) is 0 Å². The molecule has 0 spiro atoms. The SMILES string of the molecule is CC(C)(CNC(=O)N1CCCOCC1)C(=O)O. The molecule has 0 unspecified atom stereocenters. The minimum Gasteiger partial charge on any atom is -0.481 e. The highest BCUT2D eigenvalue weighted by Crippen LogP contribution is 2.13. The molecule has 0 bridgehead atoms. The molecule has 1 saturated heterocycles. The van der Waals surface area contributed by atoms with Crippen molar-refractivity contribution in [2.45, 2.75) is 20.3 Å². The summed E-state index contributed by atoms with van der Waals surface area (Å²) < 4.78 is 5.24. The van der Waals surface area contributed by atoms with E-state index in [1.54, 1.807) is 18.7 Å². The smallest absolute Gasteiger partial charge is 0.317 e. The van der Waals surface area contributed by atoms with Crippen molar-refractivity contribution in [1.82, 2.24) is 10.2 Å². The Labute approximate surface area is 101 Å². The van der Waals surface area contributed by atoms with Gasteiger partial charge in [-0.1, -0.05) is 0 Å². The highest BCUT2D eigenvalue weighted by Gasteiger charge is 2.28. The lowest BCUT2D eigenvalue weighted by Gasteiger charge is -2.24. The Bertz CT molecular complexity index is 283. The maximum absolute atomic E-state index is 11.8. The number of hydrogen-bond donors (Lipinski definition) is 2. The second kappa shape index (κ2) is 5.86. The maximum Gasteiger partial charge on any atom is 0.317 e. The number of carboxylic acids is 1. The first-order valence-electron chi connectivity index (χ1n) is 5.77. The second-order valence-electron chi connectivity index (χ2n) is 4.80. The topological polar surface area (TPSA) is 78.9 Å². The number of rotatable bonds is 3. The van der Waals surface area contributed by atoms with Crippen LogP contribution in [0.5, 0.6) is 0 Å². The molecule has 17 heavy (non-hydrogen) atoms. The van der Waals surface area contributed by atoms with Gasteiger partial charge in [0.05, 0.1) is 12.0 Å². The van der Waals surface area contributed by atoms with E-state index >= 15 is 0 Å². The predicted molar refractivity (Wildman–Crippen MR) is 61.8 cm³/mol. The zero-order chi connectivity index (χ0) is 12.9. The van der Waals surface area contributed by atoms with Crippen LogP contribution in [0.15, 0.2) is 0 Å². The summed E-state index contributed by atoms with van der Waals surface area (Å²) in [5.74, 6) is -0.919. The Kier molecular flexibility index (Phi) is 4.74. The minimum atomic E-state index is -0.946. The number of ether oxygens (including phenoxy) is 1. The van der Waals surface area contributed by atoms with Crippen LogP contribution < -0.4 is 5.32 Å². The molecule has 0 aromatic carbocycles. The lowest BCUT2D eigenvalue weighted by atomic mass is 9.94.